The first kappa shape index (κ1) is 18.5. The van der Waals surface area contributed by atoms with Crippen LogP contribution in [0.15, 0.2) is 52.3 Å². The Labute approximate surface area is 148 Å². The summed E-state index contributed by atoms with van der Waals surface area (Å²) in [6.45, 7) is 1.93. The summed E-state index contributed by atoms with van der Waals surface area (Å²) < 4.78 is 9.71. The molecule has 0 unspecified atom stereocenters. The smallest absolute Gasteiger partial charge is 0.339 e. The average Bonchev–Trinajstić information content (AvgIpc) is 2.62. The summed E-state index contributed by atoms with van der Waals surface area (Å²) in [6.07, 6.45) is 0. The van der Waals surface area contributed by atoms with Crippen molar-refractivity contribution in [1.82, 2.24) is 0 Å². The number of hydrogen-bond acceptors (Lipinski definition) is 6. The van der Waals surface area contributed by atoms with Gasteiger partial charge in [-0.15, -0.1) is 0 Å². The maximum Gasteiger partial charge on any atom is 0.339 e. The summed E-state index contributed by atoms with van der Waals surface area (Å²) in [4.78, 5) is 36.1. The molecule has 0 amide bonds. The van der Waals surface area contributed by atoms with Gasteiger partial charge in [-0.05, 0) is 49.4 Å². The molecule has 0 saturated heterocycles. The van der Waals surface area contributed by atoms with Crippen molar-refractivity contribution in [1.29, 1.82) is 0 Å². The molecule has 2 aromatic carbocycles. The van der Waals surface area contributed by atoms with Gasteiger partial charge in [-0.25, -0.2) is 14.4 Å². The van der Waals surface area contributed by atoms with Crippen molar-refractivity contribution in [3.63, 3.8) is 0 Å². The first-order valence-corrected chi connectivity index (χ1v) is 8.18. The van der Waals surface area contributed by atoms with Gasteiger partial charge in [-0.2, -0.15) is 0 Å². The molecule has 0 spiro atoms. The Morgan fingerprint density at radius 1 is 1.00 bits per heavy atom. The van der Waals surface area contributed by atoms with E-state index in [1.807, 2.05) is 0 Å². The zero-order valence-electron chi connectivity index (χ0n) is 13.6. The molecule has 0 saturated carbocycles. The number of hydrogen-bond donors (Lipinski definition) is 1. The fraction of sp³-hybridized carbons (Fsp3) is 0.167. The summed E-state index contributed by atoms with van der Waals surface area (Å²) >= 11 is 1.27. The molecule has 2 rings (SSSR count). The fourth-order valence-corrected chi connectivity index (χ4v) is 2.94. The van der Waals surface area contributed by atoms with Crippen molar-refractivity contribution in [2.24, 2.45) is 0 Å². The van der Waals surface area contributed by atoms with E-state index in [1.54, 1.807) is 31.2 Å². The van der Waals surface area contributed by atoms with E-state index in [4.69, 9.17) is 14.6 Å². The number of ether oxygens (including phenoxy) is 2. The molecule has 25 heavy (non-hydrogen) atoms. The first-order valence-electron chi connectivity index (χ1n) is 7.37. The van der Waals surface area contributed by atoms with Gasteiger partial charge in [0, 0.05) is 9.79 Å². The van der Waals surface area contributed by atoms with Crippen molar-refractivity contribution in [2.75, 3.05) is 13.7 Å². The number of aromatic carboxylic acids is 1. The molecule has 0 aliphatic rings. The lowest BCUT2D eigenvalue weighted by molar-refractivity contribution is 0.0525. The summed E-state index contributed by atoms with van der Waals surface area (Å²) in [5, 5.41) is 8.93. The van der Waals surface area contributed by atoms with E-state index in [2.05, 4.69) is 0 Å². The molecule has 0 aromatic heterocycles. The van der Waals surface area contributed by atoms with E-state index in [0.717, 1.165) is 4.90 Å². The van der Waals surface area contributed by atoms with Gasteiger partial charge in [0.05, 0.1) is 30.4 Å². The number of carboxylic acids is 1. The van der Waals surface area contributed by atoms with Gasteiger partial charge in [-0.3, -0.25) is 0 Å². The molecular weight excluding hydrogens is 344 g/mol. The minimum atomic E-state index is -1.01. The quantitative estimate of drug-likeness (QED) is 0.789. The molecular formula is C18H16O6S. The van der Waals surface area contributed by atoms with Crippen molar-refractivity contribution in [2.45, 2.75) is 16.7 Å². The highest BCUT2D eigenvalue weighted by atomic mass is 32.2. The minimum absolute atomic E-state index is 0.176. The third kappa shape index (κ3) is 4.60. The predicted octanol–water partition coefficient (Wildman–Crippen LogP) is 3.50. The average molecular weight is 360 g/mol. The molecule has 2 aromatic rings. The van der Waals surface area contributed by atoms with Crippen LogP contribution in [0, 0.1) is 0 Å². The van der Waals surface area contributed by atoms with Crippen LogP contribution in [0.5, 0.6) is 0 Å². The van der Waals surface area contributed by atoms with Gasteiger partial charge in [0.2, 0.25) is 0 Å². The Balaban J connectivity index is 2.34. The van der Waals surface area contributed by atoms with E-state index < -0.39 is 17.9 Å². The lowest BCUT2D eigenvalue weighted by atomic mass is 10.1. The maximum absolute atomic E-state index is 12.0. The Morgan fingerprint density at radius 2 is 1.64 bits per heavy atom. The van der Waals surface area contributed by atoms with Gasteiger partial charge in [0.1, 0.15) is 0 Å². The van der Waals surface area contributed by atoms with Crippen molar-refractivity contribution >= 4 is 29.7 Å². The number of rotatable bonds is 6. The van der Waals surface area contributed by atoms with Crippen LogP contribution in [0.3, 0.4) is 0 Å². The van der Waals surface area contributed by atoms with Crippen LogP contribution in [0.1, 0.15) is 38.0 Å². The van der Waals surface area contributed by atoms with Crippen LogP contribution < -0.4 is 0 Å². The monoisotopic (exact) mass is 360 g/mol. The minimum Gasteiger partial charge on any atom is -0.478 e. The van der Waals surface area contributed by atoms with Gasteiger partial charge >= 0.3 is 17.9 Å². The van der Waals surface area contributed by atoms with Crippen LogP contribution in [0.25, 0.3) is 0 Å². The zero-order chi connectivity index (χ0) is 18.4. The summed E-state index contributed by atoms with van der Waals surface area (Å²) in [5.74, 6) is -2.10. The number of carboxylic acid groups (broad SMARTS) is 1. The Hall–Kier alpha value is -2.80. The lowest BCUT2D eigenvalue weighted by Crippen LogP contribution is -2.09. The largest absolute Gasteiger partial charge is 0.478 e. The van der Waals surface area contributed by atoms with Crippen LogP contribution >= 0.6 is 11.8 Å². The van der Waals surface area contributed by atoms with Crippen molar-refractivity contribution in [3.05, 3.63) is 59.2 Å². The summed E-state index contributed by atoms with van der Waals surface area (Å²) in [5.41, 5.74) is 0.670. The molecule has 0 atom stereocenters. The van der Waals surface area contributed by atoms with Crippen LogP contribution in [0.4, 0.5) is 0 Å². The molecule has 0 aliphatic heterocycles. The highest BCUT2D eigenvalue weighted by Crippen LogP contribution is 2.32. The Kier molecular flexibility index (Phi) is 6.19. The van der Waals surface area contributed by atoms with Gasteiger partial charge in [-0.1, -0.05) is 11.8 Å². The number of methoxy groups -OCH3 is 1. The topological polar surface area (TPSA) is 89.9 Å². The highest BCUT2D eigenvalue weighted by molar-refractivity contribution is 7.99. The number of benzene rings is 2. The number of carbonyl (C=O) groups excluding carboxylic acids is 2. The molecule has 0 aliphatic carbocycles. The third-order valence-electron chi connectivity index (χ3n) is 3.23. The third-order valence-corrected chi connectivity index (χ3v) is 4.31. The van der Waals surface area contributed by atoms with Gasteiger partial charge in [0.25, 0.3) is 0 Å². The predicted molar refractivity (Wildman–Crippen MR) is 91.3 cm³/mol. The molecule has 7 heteroatoms. The Morgan fingerprint density at radius 3 is 2.20 bits per heavy atom. The second kappa shape index (κ2) is 8.34. The van der Waals surface area contributed by atoms with Crippen LogP contribution in [-0.4, -0.2) is 36.7 Å². The van der Waals surface area contributed by atoms with Gasteiger partial charge in [0.15, 0.2) is 0 Å². The zero-order valence-corrected chi connectivity index (χ0v) is 14.5. The summed E-state index contributed by atoms with van der Waals surface area (Å²) in [6, 6.07) is 10.9. The normalized spacial score (nSPS) is 10.2. The molecule has 0 heterocycles. The van der Waals surface area contributed by atoms with E-state index in [-0.39, 0.29) is 23.3 Å². The van der Waals surface area contributed by atoms with Crippen molar-refractivity contribution < 1.29 is 29.0 Å². The fourth-order valence-electron chi connectivity index (χ4n) is 2.02. The van der Waals surface area contributed by atoms with Crippen LogP contribution in [0.2, 0.25) is 0 Å². The SMILES string of the molecule is CCOC(=O)c1ccc(Sc2ccc(C(=O)O)cc2)c(C(=O)OC)c1. The molecule has 6 nitrogen and oxygen atoms in total. The van der Waals surface area contributed by atoms with E-state index in [1.165, 1.54) is 37.1 Å². The standard InChI is InChI=1S/C18H16O6S/c1-3-24-17(21)12-6-9-15(14(10-12)18(22)23-2)25-13-7-4-11(5-8-13)16(19)20/h4-10H,3H2,1-2H3,(H,19,20). The maximum atomic E-state index is 12.0. The summed E-state index contributed by atoms with van der Waals surface area (Å²) in [7, 11) is 1.26. The highest BCUT2D eigenvalue weighted by Gasteiger charge is 2.17. The lowest BCUT2D eigenvalue weighted by Gasteiger charge is -2.10. The molecule has 1 N–H and O–H groups in total. The molecule has 0 radical (unpaired) electrons. The first-order chi connectivity index (χ1) is 12.0. The second-order valence-electron chi connectivity index (χ2n) is 4.85. The number of carbonyl (C=O) groups is 3. The van der Waals surface area contributed by atoms with E-state index in [9.17, 15) is 14.4 Å². The van der Waals surface area contributed by atoms with E-state index >= 15 is 0 Å². The Bertz CT molecular complexity index is 798. The molecule has 0 fully saturated rings. The van der Waals surface area contributed by atoms with E-state index in [0.29, 0.717) is 4.90 Å². The van der Waals surface area contributed by atoms with Crippen LogP contribution in [-0.2, 0) is 9.47 Å². The second-order valence-corrected chi connectivity index (χ2v) is 5.97. The molecule has 0 bridgehead atoms. The van der Waals surface area contributed by atoms with Gasteiger partial charge < -0.3 is 14.6 Å². The number of esters is 2. The van der Waals surface area contributed by atoms with Crippen molar-refractivity contribution in [3.8, 4) is 0 Å². The molecule has 130 valence electrons.